The molecule has 0 spiro atoms. The standard InChI is InChI=1S/C9H18S2/c1-9(2)5-8-11-7-4-3-6-10/h3-4,9-10H,5-8H2,1-2H3/b4-3+. The topological polar surface area (TPSA) is 0 Å². The highest BCUT2D eigenvalue weighted by Crippen LogP contribution is 2.08. The Hall–Kier alpha value is 0.440. The monoisotopic (exact) mass is 190 g/mol. The molecule has 0 aromatic heterocycles. The minimum atomic E-state index is 0.844. The van der Waals surface area contributed by atoms with Crippen LogP contribution >= 0.6 is 24.4 Å². The van der Waals surface area contributed by atoms with E-state index >= 15 is 0 Å². The van der Waals surface area contributed by atoms with Gasteiger partial charge in [0.15, 0.2) is 0 Å². The fourth-order valence-corrected chi connectivity index (χ4v) is 1.84. The zero-order valence-corrected chi connectivity index (χ0v) is 9.13. The summed E-state index contributed by atoms with van der Waals surface area (Å²) in [5.74, 6) is 4.14. The first-order valence-corrected chi connectivity index (χ1v) is 5.89. The van der Waals surface area contributed by atoms with Crippen molar-refractivity contribution in [3.63, 3.8) is 0 Å². The largest absolute Gasteiger partial charge is 0.175 e. The van der Waals surface area contributed by atoms with Crippen LogP contribution in [-0.2, 0) is 0 Å². The number of rotatable bonds is 6. The van der Waals surface area contributed by atoms with Crippen LogP contribution in [-0.4, -0.2) is 17.3 Å². The molecule has 11 heavy (non-hydrogen) atoms. The van der Waals surface area contributed by atoms with Crippen LogP contribution in [0.3, 0.4) is 0 Å². The summed E-state index contributed by atoms with van der Waals surface area (Å²) in [4.78, 5) is 0. The van der Waals surface area contributed by atoms with Crippen molar-refractivity contribution in [2.45, 2.75) is 20.3 Å². The lowest BCUT2D eigenvalue weighted by molar-refractivity contribution is 0.632. The molecule has 0 aromatic carbocycles. The molecule has 2 heteroatoms. The maximum atomic E-state index is 4.08. The second kappa shape index (κ2) is 8.54. The summed E-state index contributed by atoms with van der Waals surface area (Å²) in [6, 6.07) is 0. The fourth-order valence-electron chi connectivity index (χ4n) is 0.613. The minimum absolute atomic E-state index is 0.844. The molecule has 0 aliphatic rings. The number of thioether (sulfide) groups is 1. The van der Waals surface area contributed by atoms with Crippen molar-refractivity contribution in [2.75, 3.05) is 17.3 Å². The molecule has 0 saturated carbocycles. The summed E-state index contributed by atoms with van der Waals surface area (Å²) in [6.45, 7) is 4.54. The summed E-state index contributed by atoms with van der Waals surface area (Å²) < 4.78 is 0. The molecular weight excluding hydrogens is 172 g/mol. The molecule has 66 valence electrons. The van der Waals surface area contributed by atoms with Crippen LogP contribution in [0.25, 0.3) is 0 Å². The zero-order valence-electron chi connectivity index (χ0n) is 7.42. The third-order valence-electron chi connectivity index (χ3n) is 1.33. The average Bonchev–Trinajstić information content (AvgIpc) is 1.96. The summed E-state index contributed by atoms with van der Waals surface area (Å²) >= 11 is 6.08. The van der Waals surface area contributed by atoms with Crippen molar-refractivity contribution in [1.29, 1.82) is 0 Å². The Morgan fingerprint density at radius 3 is 2.64 bits per heavy atom. The fraction of sp³-hybridized carbons (Fsp3) is 0.778. The van der Waals surface area contributed by atoms with E-state index in [9.17, 15) is 0 Å². The Kier molecular flexibility index (Phi) is 8.88. The van der Waals surface area contributed by atoms with Gasteiger partial charge >= 0.3 is 0 Å². The zero-order chi connectivity index (χ0) is 8.53. The van der Waals surface area contributed by atoms with Gasteiger partial charge in [0.05, 0.1) is 0 Å². The molecule has 0 fully saturated rings. The van der Waals surface area contributed by atoms with Crippen LogP contribution < -0.4 is 0 Å². The van der Waals surface area contributed by atoms with E-state index in [1.807, 2.05) is 11.8 Å². The van der Waals surface area contributed by atoms with Gasteiger partial charge in [-0.15, -0.1) is 0 Å². The molecule has 0 rings (SSSR count). The maximum Gasteiger partial charge on any atom is 0.0113 e. The van der Waals surface area contributed by atoms with Crippen LogP contribution in [0.4, 0.5) is 0 Å². The molecule has 0 nitrogen and oxygen atoms in total. The van der Waals surface area contributed by atoms with Gasteiger partial charge in [-0.05, 0) is 18.1 Å². The van der Waals surface area contributed by atoms with E-state index in [0.29, 0.717) is 0 Å². The summed E-state index contributed by atoms with van der Waals surface area (Å²) in [6.07, 6.45) is 5.63. The molecule has 0 amide bonds. The summed E-state index contributed by atoms with van der Waals surface area (Å²) in [5, 5.41) is 0. The van der Waals surface area contributed by atoms with E-state index in [1.165, 1.54) is 12.2 Å². The number of hydrogen-bond acceptors (Lipinski definition) is 2. The molecule has 0 heterocycles. The highest BCUT2D eigenvalue weighted by atomic mass is 32.2. The van der Waals surface area contributed by atoms with Crippen LogP contribution in [0.5, 0.6) is 0 Å². The van der Waals surface area contributed by atoms with Crippen molar-refractivity contribution in [2.24, 2.45) is 5.92 Å². The Labute approximate surface area is 80.2 Å². The SMILES string of the molecule is CC(C)CCSC/C=C/CS. The number of hydrogen-bond donors (Lipinski definition) is 1. The minimum Gasteiger partial charge on any atom is -0.175 e. The van der Waals surface area contributed by atoms with E-state index < -0.39 is 0 Å². The predicted octanol–water partition coefficient (Wildman–Crippen LogP) is 3.25. The first kappa shape index (κ1) is 11.4. The Morgan fingerprint density at radius 1 is 1.36 bits per heavy atom. The average molecular weight is 190 g/mol. The maximum absolute atomic E-state index is 4.08. The first-order valence-electron chi connectivity index (χ1n) is 4.11. The molecule has 0 N–H and O–H groups in total. The van der Waals surface area contributed by atoms with Gasteiger partial charge in [0.25, 0.3) is 0 Å². The highest BCUT2D eigenvalue weighted by molar-refractivity contribution is 7.99. The van der Waals surface area contributed by atoms with Gasteiger partial charge in [0, 0.05) is 11.5 Å². The smallest absolute Gasteiger partial charge is 0.0113 e. The van der Waals surface area contributed by atoms with Gasteiger partial charge < -0.3 is 0 Å². The first-order chi connectivity index (χ1) is 5.27. The molecule has 0 saturated heterocycles. The summed E-state index contributed by atoms with van der Waals surface area (Å²) in [7, 11) is 0. The van der Waals surface area contributed by atoms with Gasteiger partial charge in [-0.1, -0.05) is 26.0 Å². The van der Waals surface area contributed by atoms with Gasteiger partial charge in [-0.3, -0.25) is 0 Å². The van der Waals surface area contributed by atoms with Crippen molar-refractivity contribution in [3.05, 3.63) is 12.2 Å². The van der Waals surface area contributed by atoms with Crippen molar-refractivity contribution in [1.82, 2.24) is 0 Å². The van der Waals surface area contributed by atoms with E-state index in [1.54, 1.807) is 0 Å². The van der Waals surface area contributed by atoms with Crippen LogP contribution in [0.2, 0.25) is 0 Å². The lowest BCUT2D eigenvalue weighted by Gasteiger charge is -2.01. The molecular formula is C9H18S2. The van der Waals surface area contributed by atoms with Gasteiger partial charge in [0.1, 0.15) is 0 Å². The molecule has 0 unspecified atom stereocenters. The van der Waals surface area contributed by atoms with Crippen molar-refractivity contribution in [3.8, 4) is 0 Å². The lowest BCUT2D eigenvalue weighted by atomic mass is 10.2. The van der Waals surface area contributed by atoms with Gasteiger partial charge in [0.2, 0.25) is 0 Å². The predicted molar refractivity (Wildman–Crippen MR) is 59.8 cm³/mol. The second-order valence-corrected chi connectivity index (χ2v) is 4.43. The highest BCUT2D eigenvalue weighted by Gasteiger charge is 1.91. The van der Waals surface area contributed by atoms with Crippen LogP contribution in [0, 0.1) is 5.92 Å². The van der Waals surface area contributed by atoms with E-state index in [4.69, 9.17) is 0 Å². The molecule has 0 aliphatic heterocycles. The Balaban J connectivity index is 2.96. The van der Waals surface area contributed by atoms with E-state index in [-0.39, 0.29) is 0 Å². The quantitative estimate of drug-likeness (QED) is 0.381. The third-order valence-corrected chi connectivity index (χ3v) is 2.49. The van der Waals surface area contributed by atoms with Gasteiger partial charge in [-0.2, -0.15) is 24.4 Å². The molecule has 0 atom stereocenters. The lowest BCUT2D eigenvalue weighted by Crippen LogP contribution is -1.89. The summed E-state index contributed by atoms with van der Waals surface area (Å²) in [5.41, 5.74) is 0. The molecule has 0 aromatic rings. The number of thiol groups is 1. The van der Waals surface area contributed by atoms with Gasteiger partial charge in [-0.25, -0.2) is 0 Å². The van der Waals surface area contributed by atoms with Crippen molar-refractivity contribution < 1.29 is 0 Å². The van der Waals surface area contributed by atoms with Crippen molar-refractivity contribution >= 4 is 24.4 Å². The third kappa shape index (κ3) is 10.4. The van der Waals surface area contributed by atoms with Crippen LogP contribution in [0.15, 0.2) is 12.2 Å². The molecule has 0 aliphatic carbocycles. The Morgan fingerprint density at radius 2 is 2.09 bits per heavy atom. The van der Waals surface area contributed by atoms with Crippen LogP contribution in [0.1, 0.15) is 20.3 Å². The normalized spacial score (nSPS) is 11.6. The second-order valence-electron chi connectivity index (χ2n) is 2.91. The van der Waals surface area contributed by atoms with E-state index in [2.05, 4.69) is 38.6 Å². The molecule has 0 bridgehead atoms. The Bertz CT molecular complexity index is 97.7. The van der Waals surface area contributed by atoms with E-state index in [0.717, 1.165) is 17.4 Å². The molecule has 0 radical (unpaired) electrons.